The molecule has 0 aromatic heterocycles. The summed E-state index contributed by atoms with van der Waals surface area (Å²) < 4.78 is 11.4. The minimum absolute atomic E-state index is 0.615. The maximum absolute atomic E-state index is 6.16. The van der Waals surface area contributed by atoms with Gasteiger partial charge in [-0.15, -0.1) is 6.42 Å². The molecule has 0 fully saturated rings. The van der Waals surface area contributed by atoms with Crippen LogP contribution in [-0.4, -0.2) is 0 Å². The Morgan fingerprint density at radius 1 is 0.829 bits per heavy atom. The number of halogens is 2. The van der Waals surface area contributed by atoms with Crippen molar-refractivity contribution in [2.75, 3.05) is 0 Å². The highest BCUT2D eigenvalue weighted by Crippen LogP contribution is 2.56. The van der Waals surface area contributed by atoms with Gasteiger partial charge in [-0.1, -0.05) is 67.1 Å². The van der Waals surface area contributed by atoms with Gasteiger partial charge < -0.3 is 6.13 Å². The van der Waals surface area contributed by atoms with Gasteiger partial charge in [0.15, 0.2) is 46.0 Å². The molecule has 4 heteroatoms. The van der Waals surface area contributed by atoms with Gasteiger partial charge in [0, 0.05) is 5.57 Å². The summed E-state index contributed by atoms with van der Waals surface area (Å²) in [5.41, 5.74) is 10.2. The van der Waals surface area contributed by atoms with Gasteiger partial charge in [0.2, 0.25) is 0 Å². The Kier molecular flexibility index (Phi) is 8.76. The van der Waals surface area contributed by atoms with E-state index < -0.39 is 5.41 Å². The van der Waals surface area contributed by atoms with Crippen LogP contribution in [0.25, 0.3) is 0 Å². The number of benzene rings is 2. The van der Waals surface area contributed by atoms with Gasteiger partial charge in [0.1, 0.15) is 11.5 Å². The molecule has 0 heterocycles. The molecule has 0 amide bonds. The molecule has 0 bridgehead atoms. The van der Waals surface area contributed by atoms with Crippen molar-refractivity contribution in [2.45, 2.75) is 47.0 Å². The van der Waals surface area contributed by atoms with Crippen molar-refractivity contribution < 1.29 is 6.13 Å². The maximum atomic E-state index is 6.16. The Balaban J connectivity index is 2.64. The Hall–Kier alpha value is -2.24. The summed E-state index contributed by atoms with van der Waals surface area (Å²) in [4.78, 5) is 0. The lowest BCUT2D eigenvalue weighted by atomic mass is 9.64. The Morgan fingerprint density at radius 3 is 1.63 bits per heavy atom. The molecular formula is C31H30I2O2. The summed E-state index contributed by atoms with van der Waals surface area (Å²) in [5.74, 6) is 4.79. The molecule has 3 rings (SSSR count). The van der Waals surface area contributed by atoms with Crippen molar-refractivity contribution in [3.63, 3.8) is 0 Å². The van der Waals surface area contributed by atoms with Gasteiger partial charge in [0.25, 0.3) is 0 Å². The summed E-state index contributed by atoms with van der Waals surface area (Å²) >= 11 is 3.91. The highest BCUT2D eigenvalue weighted by molar-refractivity contribution is 14.1. The summed E-state index contributed by atoms with van der Waals surface area (Å²) in [6.45, 7) is 16.4. The second kappa shape index (κ2) is 11.2. The normalized spacial score (nSPS) is 15.3. The van der Waals surface area contributed by atoms with E-state index in [1.165, 1.54) is 0 Å². The van der Waals surface area contributed by atoms with Crippen LogP contribution in [0.5, 0.6) is 11.5 Å². The topological polar surface area (TPSA) is 18.5 Å². The van der Waals surface area contributed by atoms with Crippen LogP contribution >= 0.6 is 46.0 Å². The molecule has 2 aromatic rings. The fourth-order valence-corrected chi connectivity index (χ4v) is 6.68. The van der Waals surface area contributed by atoms with E-state index in [0.717, 1.165) is 67.2 Å². The highest BCUT2D eigenvalue weighted by Gasteiger charge is 2.47. The number of allylic oxidation sites excluding steroid dienone is 9. The largest absolute Gasteiger partial charge is 0.427 e. The lowest BCUT2D eigenvalue weighted by molar-refractivity contribution is 0.686. The molecule has 0 saturated carbocycles. The van der Waals surface area contributed by atoms with Crippen molar-refractivity contribution in [3.8, 4) is 23.8 Å². The zero-order valence-corrected chi connectivity index (χ0v) is 25.4. The molecular weight excluding hydrogens is 658 g/mol. The molecule has 0 N–H and O–H groups in total. The lowest BCUT2D eigenvalue weighted by Gasteiger charge is -2.37. The average molecular weight is 688 g/mol. The minimum Gasteiger partial charge on any atom is -0.427 e. The second-order valence-electron chi connectivity index (χ2n) is 8.85. The van der Waals surface area contributed by atoms with Gasteiger partial charge >= 0.3 is 0 Å². The molecule has 35 heavy (non-hydrogen) atoms. The quantitative estimate of drug-likeness (QED) is 0.164. The monoisotopic (exact) mass is 688 g/mol. The second-order valence-corrected chi connectivity index (χ2v) is 9.73. The van der Waals surface area contributed by atoms with E-state index in [4.69, 9.17) is 12.6 Å². The third kappa shape index (κ3) is 4.53. The van der Waals surface area contributed by atoms with E-state index in [1.807, 2.05) is 59.0 Å². The van der Waals surface area contributed by atoms with Crippen LogP contribution < -0.4 is 6.13 Å². The van der Waals surface area contributed by atoms with Crippen LogP contribution in [0.1, 0.15) is 47.2 Å². The number of rotatable bonds is 7. The first kappa shape index (κ1) is 27.3. The standard InChI is InChI=1S/C31H30I2O2/c1-9-12-14-27-23(8)26(11-3)28(13-10-2)31(27,24-15-19(4)29(34-32)20(5)16-24)25-17-21(6)30(35-33)22(7)18-25/h3,9-10,12-18H,1H2,2,4-8H3/b13-10-,14-12-. The molecule has 2 nitrogen and oxygen atoms in total. The number of hydrogen-bond donors (Lipinski definition) is 0. The van der Waals surface area contributed by atoms with Crippen molar-refractivity contribution in [3.05, 3.63) is 117 Å². The number of aryl methyl sites for hydroxylation is 4. The first-order valence-electron chi connectivity index (χ1n) is 11.4. The summed E-state index contributed by atoms with van der Waals surface area (Å²) in [6.07, 6.45) is 16.3. The molecule has 2 aromatic carbocycles. The van der Waals surface area contributed by atoms with Crippen LogP contribution in [0.3, 0.4) is 0 Å². The number of terminal acetylenes is 1. The van der Waals surface area contributed by atoms with E-state index in [9.17, 15) is 0 Å². The smallest absolute Gasteiger partial charge is 0.192 e. The summed E-state index contributed by atoms with van der Waals surface area (Å²) in [5, 5.41) is 0. The van der Waals surface area contributed by atoms with E-state index in [0.29, 0.717) is 0 Å². The number of hydrogen-bond acceptors (Lipinski definition) is 2. The zero-order valence-electron chi connectivity index (χ0n) is 21.1. The maximum Gasteiger partial charge on any atom is 0.192 e. The molecule has 0 spiro atoms. The van der Waals surface area contributed by atoms with E-state index >= 15 is 0 Å². The highest BCUT2D eigenvalue weighted by atomic mass is 127. The Bertz CT molecular complexity index is 1240. The summed E-state index contributed by atoms with van der Waals surface area (Å²) in [6, 6.07) is 8.91. The molecule has 0 aliphatic heterocycles. The first-order valence-corrected chi connectivity index (χ1v) is 13.1. The zero-order chi connectivity index (χ0) is 25.9. The fourth-order valence-electron chi connectivity index (χ4n) is 5.29. The average Bonchev–Trinajstić information content (AvgIpc) is 3.05. The first-order chi connectivity index (χ1) is 16.7. The van der Waals surface area contributed by atoms with Crippen LogP contribution in [-0.2, 0) is 5.41 Å². The van der Waals surface area contributed by atoms with Crippen LogP contribution in [0.4, 0.5) is 0 Å². The third-order valence-electron chi connectivity index (χ3n) is 6.67. The molecule has 0 saturated heterocycles. The van der Waals surface area contributed by atoms with E-state index in [2.05, 4.69) is 89.6 Å². The van der Waals surface area contributed by atoms with Crippen molar-refractivity contribution in [2.24, 2.45) is 0 Å². The Labute approximate surface area is 238 Å². The van der Waals surface area contributed by atoms with Gasteiger partial charge in [-0.3, -0.25) is 0 Å². The van der Waals surface area contributed by atoms with Gasteiger partial charge in [0.05, 0.1) is 5.41 Å². The molecule has 0 atom stereocenters. The minimum atomic E-state index is -0.615. The summed E-state index contributed by atoms with van der Waals surface area (Å²) in [7, 11) is 0. The van der Waals surface area contributed by atoms with Crippen LogP contribution in [0.2, 0.25) is 0 Å². The Morgan fingerprint density at radius 2 is 1.29 bits per heavy atom. The molecule has 1 aliphatic rings. The SMILES string of the molecule is C#CC1=C(/C=C\C)C(c2cc(C)c(OI)c(C)c2)(c2cc(C)c(OI)c(C)c2)C(/C=C\C=C)=C1C. The molecule has 180 valence electrons. The third-order valence-corrected chi connectivity index (χ3v) is 7.55. The van der Waals surface area contributed by atoms with Gasteiger partial charge in [-0.05, 0) is 91.6 Å². The lowest BCUT2D eigenvalue weighted by Crippen LogP contribution is -2.31. The van der Waals surface area contributed by atoms with E-state index in [-0.39, 0.29) is 0 Å². The molecule has 0 unspecified atom stereocenters. The predicted octanol–water partition coefficient (Wildman–Crippen LogP) is 9.24. The van der Waals surface area contributed by atoms with Crippen LogP contribution in [0, 0.1) is 40.0 Å². The van der Waals surface area contributed by atoms with Crippen molar-refractivity contribution in [1.29, 1.82) is 0 Å². The van der Waals surface area contributed by atoms with Crippen molar-refractivity contribution >= 4 is 46.0 Å². The molecule has 0 radical (unpaired) electrons. The van der Waals surface area contributed by atoms with Gasteiger partial charge in [-0.2, -0.15) is 0 Å². The fraction of sp³-hybridized carbons (Fsp3) is 0.226. The van der Waals surface area contributed by atoms with Crippen LogP contribution in [0.15, 0.2) is 83.5 Å². The van der Waals surface area contributed by atoms with Gasteiger partial charge in [-0.25, -0.2) is 0 Å². The predicted molar refractivity (Wildman–Crippen MR) is 165 cm³/mol. The molecule has 1 aliphatic carbocycles. The van der Waals surface area contributed by atoms with E-state index in [1.54, 1.807) is 6.08 Å². The van der Waals surface area contributed by atoms with Crippen molar-refractivity contribution in [1.82, 2.24) is 0 Å².